The van der Waals surface area contributed by atoms with Crippen LogP contribution in [0.3, 0.4) is 0 Å². The molecule has 1 heterocycles. The highest BCUT2D eigenvalue weighted by Crippen LogP contribution is 2.20. The van der Waals surface area contributed by atoms with Crippen molar-refractivity contribution in [3.8, 4) is 11.1 Å². The number of benzene rings is 1. The highest BCUT2D eigenvalue weighted by molar-refractivity contribution is 5.88. The third-order valence-corrected chi connectivity index (χ3v) is 2.52. The molecule has 2 rings (SSSR count). The number of hydrogen-bond donors (Lipinski definition) is 1. The Hall–Kier alpha value is -2.16. The van der Waals surface area contributed by atoms with Gasteiger partial charge in [-0.2, -0.15) is 0 Å². The van der Waals surface area contributed by atoms with Gasteiger partial charge in [0, 0.05) is 24.7 Å². The minimum absolute atomic E-state index is 0.0514. The molecule has 1 N–H and O–H groups in total. The molecule has 1 aromatic carbocycles. The number of pyridine rings is 1. The normalized spacial score (nSPS) is 10.0. The topological polar surface area (TPSA) is 33.0 Å². The van der Waals surface area contributed by atoms with Gasteiger partial charge in [0.1, 0.15) is 7.05 Å². The van der Waals surface area contributed by atoms with E-state index in [0.717, 1.165) is 16.8 Å². The molecule has 1 amide bonds. The van der Waals surface area contributed by atoms with E-state index in [1.807, 2.05) is 48.3 Å². The Morgan fingerprint density at radius 2 is 1.53 bits per heavy atom. The van der Waals surface area contributed by atoms with Crippen molar-refractivity contribution in [3.63, 3.8) is 0 Å². The molecule has 3 nitrogen and oxygen atoms in total. The fourth-order valence-corrected chi connectivity index (χ4v) is 1.64. The summed E-state index contributed by atoms with van der Waals surface area (Å²) in [6.07, 6.45) is 4.02. The number of carbonyl (C=O) groups excluding carboxylic acids is 1. The number of anilines is 1. The van der Waals surface area contributed by atoms with Crippen molar-refractivity contribution in [2.45, 2.75) is 6.92 Å². The molecule has 0 spiro atoms. The summed E-state index contributed by atoms with van der Waals surface area (Å²) in [4.78, 5) is 10.9. The van der Waals surface area contributed by atoms with Crippen molar-refractivity contribution < 1.29 is 9.36 Å². The first-order valence-corrected chi connectivity index (χ1v) is 5.48. The van der Waals surface area contributed by atoms with E-state index in [1.54, 1.807) is 0 Å². The van der Waals surface area contributed by atoms with Crippen molar-refractivity contribution in [3.05, 3.63) is 48.8 Å². The fourth-order valence-electron chi connectivity index (χ4n) is 1.64. The van der Waals surface area contributed by atoms with Crippen LogP contribution in [0.1, 0.15) is 6.92 Å². The lowest BCUT2D eigenvalue weighted by atomic mass is 10.1. The van der Waals surface area contributed by atoms with Gasteiger partial charge in [0.2, 0.25) is 5.91 Å². The number of aryl methyl sites for hydroxylation is 1. The van der Waals surface area contributed by atoms with Crippen LogP contribution in [0.2, 0.25) is 0 Å². The van der Waals surface area contributed by atoms with Crippen LogP contribution in [0.15, 0.2) is 48.8 Å². The van der Waals surface area contributed by atoms with Gasteiger partial charge in [-0.1, -0.05) is 12.1 Å². The second kappa shape index (κ2) is 4.78. The lowest BCUT2D eigenvalue weighted by Crippen LogP contribution is -2.25. The van der Waals surface area contributed by atoms with Gasteiger partial charge in [0.15, 0.2) is 12.4 Å². The first-order valence-electron chi connectivity index (χ1n) is 5.48. The molecule has 0 aliphatic carbocycles. The van der Waals surface area contributed by atoms with Gasteiger partial charge in [-0.05, 0) is 23.3 Å². The van der Waals surface area contributed by atoms with Crippen LogP contribution in [0.25, 0.3) is 11.1 Å². The Kier molecular flexibility index (Phi) is 3.19. The van der Waals surface area contributed by atoms with Crippen molar-refractivity contribution in [2.75, 3.05) is 5.32 Å². The molecule has 0 fully saturated rings. The van der Waals surface area contributed by atoms with Crippen LogP contribution in [0.4, 0.5) is 5.69 Å². The van der Waals surface area contributed by atoms with Gasteiger partial charge in [-0.25, -0.2) is 4.57 Å². The van der Waals surface area contributed by atoms with E-state index in [0.29, 0.717) is 0 Å². The molecule has 0 aliphatic heterocycles. The summed E-state index contributed by atoms with van der Waals surface area (Å²) >= 11 is 0. The molecule has 17 heavy (non-hydrogen) atoms. The molecule has 0 atom stereocenters. The molecular formula is C14H15N2O+. The average molecular weight is 227 g/mol. The predicted octanol–water partition coefficient (Wildman–Crippen LogP) is 2.14. The Balaban J connectivity index is 2.23. The van der Waals surface area contributed by atoms with Crippen molar-refractivity contribution in [1.29, 1.82) is 0 Å². The number of nitrogens with one attached hydrogen (secondary N) is 1. The summed E-state index contributed by atoms with van der Waals surface area (Å²) in [5.74, 6) is -0.0514. The number of aromatic nitrogens is 1. The smallest absolute Gasteiger partial charge is 0.221 e. The predicted molar refractivity (Wildman–Crippen MR) is 67.4 cm³/mol. The maximum atomic E-state index is 10.9. The highest BCUT2D eigenvalue weighted by atomic mass is 16.1. The quantitative estimate of drug-likeness (QED) is 0.783. The second-order valence-corrected chi connectivity index (χ2v) is 4.01. The van der Waals surface area contributed by atoms with E-state index in [4.69, 9.17) is 0 Å². The molecule has 3 heteroatoms. The third-order valence-electron chi connectivity index (χ3n) is 2.52. The standard InChI is InChI=1S/C14H14N2O/c1-11(17)15-14-5-3-12(4-6-14)13-7-9-16(2)10-8-13/h3-10H,1-2H3/p+1. The summed E-state index contributed by atoms with van der Waals surface area (Å²) < 4.78 is 2.00. The minimum atomic E-state index is -0.0514. The van der Waals surface area contributed by atoms with Gasteiger partial charge < -0.3 is 5.32 Å². The number of amides is 1. The maximum absolute atomic E-state index is 10.9. The monoisotopic (exact) mass is 227 g/mol. The van der Waals surface area contributed by atoms with Crippen LogP contribution in [-0.4, -0.2) is 5.91 Å². The van der Waals surface area contributed by atoms with Gasteiger partial charge in [-0.3, -0.25) is 4.79 Å². The Morgan fingerprint density at radius 3 is 2.06 bits per heavy atom. The van der Waals surface area contributed by atoms with Crippen molar-refractivity contribution >= 4 is 11.6 Å². The molecule has 0 saturated carbocycles. The summed E-state index contributed by atoms with van der Waals surface area (Å²) in [6, 6.07) is 11.9. The zero-order valence-corrected chi connectivity index (χ0v) is 9.97. The Labute approximate surface area is 101 Å². The summed E-state index contributed by atoms with van der Waals surface area (Å²) in [5.41, 5.74) is 3.12. The van der Waals surface area contributed by atoms with Crippen LogP contribution < -0.4 is 9.88 Å². The Bertz CT molecular complexity index is 515. The first kappa shape index (κ1) is 11.3. The zero-order valence-electron chi connectivity index (χ0n) is 9.97. The molecule has 0 saturated heterocycles. The lowest BCUT2D eigenvalue weighted by Gasteiger charge is -2.04. The fraction of sp³-hybridized carbons (Fsp3) is 0.143. The molecule has 0 radical (unpaired) electrons. The maximum Gasteiger partial charge on any atom is 0.221 e. The molecule has 0 aliphatic rings. The Morgan fingerprint density at radius 1 is 1.00 bits per heavy atom. The average Bonchev–Trinajstić information content (AvgIpc) is 2.30. The molecule has 1 aromatic heterocycles. The SMILES string of the molecule is CC(=O)Nc1ccc(-c2cc[n+](C)cc2)cc1. The zero-order chi connectivity index (χ0) is 12.3. The van der Waals surface area contributed by atoms with E-state index in [-0.39, 0.29) is 5.91 Å². The van der Waals surface area contributed by atoms with Gasteiger partial charge in [-0.15, -0.1) is 0 Å². The van der Waals surface area contributed by atoms with E-state index >= 15 is 0 Å². The number of carbonyl (C=O) groups is 1. The number of hydrogen-bond acceptors (Lipinski definition) is 1. The molecule has 2 aromatic rings. The van der Waals surface area contributed by atoms with Crippen LogP contribution in [-0.2, 0) is 11.8 Å². The molecule has 0 unspecified atom stereocenters. The summed E-state index contributed by atoms with van der Waals surface area (Å²) in [7, 11) is 1.99. The van der Waals surface area contributed by atoms with Crippen LogP contribution >= 0.6 is 0 Å². The van der Waals surface area contributed by atoms with Crippen LogP contribution in [0.5, 0.6) is 0 Å². The van der Waals surface area contributed by atoms with E-state index in [2.05, 4.69) is 17.4 Å². The minimum Gasteiger partial charge on any atom is -0.326 e. The van der Waals surface area contributed by atoms with E-state index < -0.39 is 0 Å². The second-order valence-electron chi connectivity index (χ2n) is 4.01. The van der Waals surface area contributed by atoms with Gasteiger partial charge in [0.05, 0.1) is 0 Å². The highest BCUT2D eigenvalue weighted by Gasteiger charge is 2.00. The lowest BCUT2D eigenvalue weighted by molar-refractivity contribution is -0.671. The molecular weight excluding hydrogens is 212 g/mol. The van der Waals surface area contributed by atoms with Gasteiger partial charge in [0.25, 0.3) is 0 Å². The van der Waals surface area contributed by atoms with Gasteiger partial charge >= 0.3 is 0 Å². The summed E-state index contributed by atoms with van der Waals surface area (Å²) in [5, 5.41) is 2.75. The van der Waals surface area contributed by atoms with Crippen molar-refractivity contribution in [2.24, 2.45) is 7.05 Å². The first-order chi connectivity index (χ1) is 8.15. The largest absolute Gasteiger partial charge is 0.326 e. The summed E-state index contributed by atoms with van der Waals surface area (Å²) in [6.45, 7) is 1.51. The molecule has 86 valence electrons. The van der Waals surface area contributed by atoms with E-state index in [1.165, 1.54) is 6.92 Å². The third kappa shape index (κ3) is 2.91. The van der Waals surface area contributed by atoms with Crippen LogP contribution in [0, 0.1) is 0 Å². The van der Waals surface area contributed by atoms with Crippen molar-refractivity contribution in [1.82, 2.24) is 0 Å². The number of rotatable bonds is 2. The number of nitrogens with zero attached hydrogens (tertiary/aromatic N) is 1. The molecule has 0 bridgehead atoms. The van der Waals surface area contributed by atoms with E-state index in [9.17, 15) is 4.79 Å².